The Bertz CT molecular complexity index is 2970. The SMILES string of the molecule is CC1CC=Cc2c1oc1c2C(c2nc(-c3ccccc3)nc(-c3ccc(-c4ccc5ccccc5c4)c(-c4ccccc4)c3)n2)=CCC1c1ccc2c(c1)C=CCC2. The lowest BCUT2D eigenvalue weighted by atomic mass is 9.80. The lowest BCUT2D eigenvalue weighted by Crippen LogP contribution is -2.12. The fraction of sp³-hybridized carbons (Fsp3) is 0.130. The first kappa shape index (κ1) is 34.3. The van der Waals surface area contributed by atoms with Gasteiger partial charge in [-0.2, -0.15) is 0 Å². The minimum Gasteiger partial charge on any atom is -0.464 e. The van der Waals surface area contributed by atoms with E-state index in [1.54, 1.807) is 0 Å². The van der Waals surface area contributed by atoms with Crippen LogP contribution < -0.4 is 0 Å². The van der Waals surface area contributed by atoms with Crippen molar-refractivity contribution in [2.45, 2.75) is 44.4 Å². The number of fused-ring (bicyclic) bond motifs is 5. The van der Waals surface area contributed by atoms with E-state index >= 15 is 0 Å². The highest BCUT2D eigenvalue weighted by molar-refractivity contribution is 5.93. The predicted molar refractivity (Wildman–Crippen MR) is 237 cm³/mol. The van der Waals surface area contributed by atoms with Crippen LogP contribution in [0.4, 0.5) is 0 Å². The standard InChI is InChI=1S/C54H41N3O/c1-34-13-12-22-46-49-47(30-29-45(51(49)58-50(34)46)42-26-24-36-15-9-11-21-40(36)32-42)54-56-52(38-18-6-3-7-19-38)55-53(57-54)43-27-28-44(48(33-43)37-16-4-2-5-17-37)41-25-23-35-14-8-10-20-39(35)31-41/h2-8,10-12,14,16-28,30-34,45H,9,13,15,29H2,1H3. The zero-order valence-corrected chi connectivity index (χ0v) is 32.4. The van der Waals surface area contributed by atoms with Crippen LogP contribution in [0, 0.1) is 0 Å². The number of aromatic nitrogens is 3. The number of aryl methyl sites for hydroxylation is 1. The van der Waals surface area contributed by atoms with Gasteiger partial charge >= 0.3 is 0 Å². The van der Waals surface area contributed by atoms with Crippen molar-refractivity contribution in [2.75, 3.05) is 0 Å². The molecule has 8 aromatic rings. The monoisotopic (exact) mass is 747 g/mol. The average molecular weight is 748 g/mol. The van der Waals surface area contributed by atoms with E-state index in [4.69, 9.17) is 19.4 Å². The van der Waals surface area contributed by atoms with Crippen molar-refractivity contribution in [3.63, 3.8) is 0 Å². The number of rotatable bonds is 6. The largest absolute Gasteiger partial charge is 0.464 e. The Labute approximate surface area is 339 Å². The highest BCUT2D eigenvalue weighted by Gasteiger charge is 2.35. The van der Waals surface area contributed by atoms with Crippen molar-refractivity contribution in [3.8, 4) is 45.0 Å². The number of hydrogen-bond acceptors (Lipinski definition) is 4. The predicted octanol–water partition coefficient (Wildman–Crippen LogP) is 13.7. The summed E-state index contributed by atoms with van der Waals surface area (Å²) >= 11 is 0. The van der Waals surface area contributed by atoms with Gasteiger partial charge in [-0.3, -0.25) is 0 Å². The zero-order chi connectivity index (χ0) is 38.6. The summed E-state index contributed by atoms with van der Waals surface area (Å²) in [5.41, 5.74) is 13.8. The summed E-state index contributed by atoms with van der Waals surface area (Å²) in [5.74, 6) is 4.38. The molecule has 11 rings (SSSR count). The quantitative estimate of drug-likeness (QED) is 0.170. The van der Waals surface area contributed by atoms with Crippen LogP contribution >= 0.6 is 0 Å². The van der Waals surface area contributed by atoms with E-state index in [0.29, 0.717) is 17.5 Å². The Morgan fingerprint density at radius 1 is 0.552 bits per heavy atom. The smallest absolute Gasteiger partial charge is 0.164 e. The highest BCUT2D eigenvalue weighted by atomic mass is 16.3. The molecule has 2 heterocycles. The van der Waals surface area contributed by atoms with Crippen LogP contribution in [0.3, 0.4) is 0 Å². The Hall–Kier alpha value is -6.91. The van der Waals surface area contributed by atoms with E-state index in [2.05, 4.69) is 159 Å². The molecule has 0 N–H and O–H groups in total. The van der Waals surface area contributed by atoms with Crippen molar-refractivity contribution < 1.29 is 4.42 Å². The summed E-state index contributed by atoms with van der Waals surface area (Å²) in [4.78, 5) is 15.8. The van der Waals surface area contributed by atoms with Gasteiger partial charge < -0.3 is 4.42 Å². The van der Waals surface area contributed by atoms with Gasteiger partial charge in [0.15, 0.2) is 17.5 Å². The molecule has 0 fully saturated rings. The van der Waals surface area contributed by atoms with Crippen LogP contribution in [-0.2, 0) is 6.42 Å². The molecule has 4 heteroatoms. The average Bonchev–Trinajstić information content (AvgIpc) is 3.70. The highest BCUT2D eigenvalue weighted by Crippen LogP contribution is 2.49. The minimum atomic E-state index is 0.0940. The normalized spacial score (nSPS) is 16.7. The fourth-order valence-electron chi connectivity index (χ4n) is 9.12. The summed E-state index contributed by atoms with van der Waals surface area (Å²) < 4.78 is 7.00. The second kappa shape index (κ2) is 14.2. The molecular weight excluding hydrogens is 707 g/mol. The lowest BCUT2D eigenvalue weighted by Gasteiger charge is -2.23. The maximum Gasteiger partial charge on any atom is 0.164 e. The lowest BCUT2D eigenvalue weighted by molar-refractivity contribution is 0.421. The minimum absolute atomic E-state index is 0.0940. The molecule has 2 aromatic heterocycles. The molecule has 6 aromatic carbocycles. The van der Waals surface area contributed by atoms with Gasteiger partial charge in [-0.15, -0.1) is 0 Å². The molecule has 0 bridgehead atoms. The van der Waals surface area contributed by atoms with Crippen molar-refractivity contribution >= 4 is 28.5 Å². The van der Waals surface area contributed by atoms with Crippen LogP contribution in [0.25, 0.3) is 73.5 Å². The van der Waals surface area contributed by atoms with Crippen molar-refractivity contribution in [1.29, 1.82) is 0 Å². The first-order valence-electron chi connectivity index (χ1n) is 20.5. The van der Waals surface area contributed by atoms with Crippen molar-refractivity contribution in [1.82, 2.24) is 15.0 Å². The fourth-order valence-corrected chi connectivity index (χ4v) is 9.12. The van der Waals surface area contributed by atoms with E-state index in [0.717, 1.165) is 81.7 Å². The first-order valence-corrected chi connectivity index (χ1v) is 20.5. The zero-order valence-electron chi connectivity index (χ0n) is 32.4. The third-order valence-electron chi connectivity index (χ3n) is 12.1. The Morgan fingerprint density at radius 2 is 1.29 bits per heavy atom. The molecule has 2 unspecified atom stereocenters. The van der Waals surface area contributed by atoms with E-state index in [9.17, 15) is 0 Å². The molecule has 3 aliphatic rings. The summed E-state index contributed by atoms with van der Waals surface area (Å²) in [6.07, 6.45) is 15.4. The molecule has 0 aliphatic heterocycles. The summed E-state index contributed by atoms with van der Waals surface area (Å²) in [7, 11) is 0. The van der Waals surface area contributed by atoms with Gasteiger partial charge in [0.25, 0.3) is 0 Å². The molecule has 0 radical (unpaired) electrons. The third kappa shape index (κ3) is 6.04. The van der Waals surface area contributed by atoms with Gasteiger partial charge in [-0.1, -0.05) is 165 Å². The molecule has 0 amide bonds. The molecular formula is C54H41N3O. The second-order valence-electron chi connectivity index (χ2n) is 15.8. The third-order valence-corrected chi connectivity index (χ3v) is 12.1. The maximum absolute atomic E-state index is 7.00. The van der Waals surface area contributed by atoms with Crippen LogP contribution in [0.5, 0.6) is 0 Å². The number of furan rings is 1. The van der Waals surface area contributed by atoms with E-state index < -0.39 is 0 Å². The van der Waals surface area contributed by atoms with E-state index in [1.165, 1.54) is 33.0 Å². The van der Waals surface area contributed by atoms with Crippen molar-refractivity contribution in [2.24, 2.45) is 0 Å². The second-order valence-corrected chi connectivity index (χ2v) is 15.8. The molecule has 4 nitrogen and oxygen atoms in total. The van der Waals surface area contributed by atoms with Crippen LogP contribution in [-0.4, -0.2) is 15.0 Å². The van der Waals surface area contributed by atoms with E-state index in [-0.39, 0.29) is 11.8 Å². The summed E-state index contributed by atoms with van der Waals surface area (Å²) in [6.45, 7) is 2.26. The number of benzene rings is 6. The van der Waals surface area contributed by atoms with Crippen LogP contribution in [0.1, 0.15) is 83.2 Å². The van der Waals surface area contributed by atoms with Gasteiger partial charge in [0.1, 0.15) is 11.5 Å². The van der Waals surface area contributed by atoms with Crippen molar-refractivity contribution in [3.05, 3.63) is 203 Å². The van der Waals surface area contributed by atoms with Gasteiger partial charge in [-0.25, -0.2) is 15.0 Å². The van der Waals surface area contributed by atoms with Gasteiger partial charge in [0, 0.05) is 39.7 Å². The van der Waals surface area contributed by atoms with E-state index in [1.807, 2.05) is 18.2 Å². The Morgan fingerprint density at radius 3 is 2.14 bits per heavy atom. The Balaban J connectivity index is 1.08. The van der Waals surface area contributed by atoms with Gasteiger partial charge in [0.05, 0.1) is 0 Å². The molecule has 2 atom stereocenters. The molecule has 0 saturated carbocycles. The topological polar surface area (TPSA) is 51.8 Å². The Kier molecular flexibility index (Phi) is 8.43. The molecule has 0 saturated heterocycles. The number of nitrogens with zero attached hydrogens (tertiary/aromatic N) is 3. The molecule has 278 valence electrons. The molecule has 3 aliphatic carbocycles. The summed E-state index contributed by atoms with van der Waals surface area (Å²) in [5, 5.41) is 2.44. The van der Waals surface area contributed by atoms with Crippen LogP contribution in [0.15, 0.2) is 162 Å². The number of hydrogen-bond donors (Lipinski definition) is 0. The number of allylic oxidation sites excluding steroid dienone is 3. The van der Waals surface area contributed by atoms with Gasteiger partial charge in [0.2, 0.25) is 0 Å². The maximum atomic E-state index is 7.00. The van der Waals surface area contributed by atoms with Crippen LogP contribution in [0.2, 0.25) is 0 Å². The molecule has 58 heavy (non-hydrogen) atoms. The summed E-state index contributed by atoms with van der Waals surface area (Å²) in [6, 6.07) is 49.8. The molecule has 0 spiro atoms. The van der Waals surface area contributed by atoms with Gasteiger partial charge in [-0.05, 0) is 87.5 Å². The first-order chi connectivity index (χ1) is 28.6.